The van der Waals surface area contributed by atoms with Crippen LogP contribution in [0.5, 0.6) is 11.6 Å². The molecule has 2 heterocycles. The number of rotatable bonds is 6. The smallest absolute Gasteiger partial charge is 0.345 e. The van der Waals surface area contributed by atoms with E-state index >= 15 is 0 Å². The molecule has 0 atom stereocenters. The minimum absolute atomic E-state index is 0.173. The van der Waals surface area contributed by atoms with Gasteiger partial charge in [-0.2, -0.15) is 9.78 Å². The summed E-state index contributed by atoms with van der Waals surface area (Å²) in [6.07, 6.45) is 1.24. The van der Waals surface area contributed by atoms with Crippen LogP contribution >= 0.6 is 0 Å². The molecule has 0 unspecified atom stereocenters. The molecule has 0 radical (unpaired) electrons. The van der Waals surface area contributed by atoms with Crippen LogP contribution in [0.1, 0.15) is 36.7 Å². The van der Waals surface area contributed by atoms with Gasteiger partial charge < -0.3 is 14.6 Å². The molecule has 0 saturated heterocycles. The molecule has 3 rings (SSSR count). The normalized spacial score (nSPS) is 10.9. The largest absolute Gasteiger partial charge is 0.507 e. The predicted octanol–water partition coefficient (Wildman–Crippen LogP) is 3.91. The first-order chi connectivity index (χ1) is 13.4. The van der Waals surface area contributed by atoms with Crippen molar-refractivity contribution < 1.29 is 19.4 Å². The van der Waals surface area contributed by atoms with Crippen molar-refractivity contribution in [2.45, 2.75) is 33.8 Å². The van der Waals surface area contributed by atoms with Crippen molar-refractivity contribution in [1.29, 1.82) is 0 Å². The van der Waals surface area contributed by atoms with Gasteiger partial charge in [-0.3, -0.25) is 0 Å². The Morgan fingerprint density at radius 1 is 1.21 bits per heavy atom. The minimum atomic E-state index is -0.503. The predicted molar refractivity (Wildman–Crippen MR) is 105 cm³/mol. The number of ether oxygens (including phenoxy) is 2. The number of benzene rings is 1. The maximum atomic E-state index is 12.3. The zero-order valence-electron chi connectivity index (χ0n) is 16.3. The van der Waals surface area contributed by atoms with E-state index in [1.807, 2.05) is 39.0 Å². The van der Waals surface area contributed by atoms with Crippen molar-refractivity contribution in [1.82, 2.24) is 14.8 Å². The molecule has 28 heavy (non-hydrogen) atoms. The van der Waals surface area contributed by atoms with Crippen LogP contribution in [-0.4, -0.2) is 38.6 Å². The van der Waals surface area contributed by atoms with Gasteiger partial charge in [-0.25, -0.2) is 9.78 Å². The second-order valence-electron chi connectivity index (χ2n) is 6.51. The van der Waals surface area contributed by atoms with Crippen molar-refractivity contribution in [3.63, 3.8) is 0 Å². The number of aryl methyl sites for hydroxylation is 1. The Hall–Kier alpha value is -3.35. The molecule has 0 amide bonds. The van der Waals surface area contributed by atoms with Crippen LogP contribution in [0.25, 0.3) is 17.1 Å². The molecule has 0 fully saturated rings. The topological polar surface area (TPSA) is 86.5 Å². The number of nitrogens with zero attached hydrogens (tertiary/aromatic N) is 3. The second kappa shape index (κ2) is 8.12. The van der Waals surface area contributed by atoms with Gasteiger partial charge in [-0.1, -0.05) is 18.2 Å². The number of esters is 1. The first kappa shape index (κ1) is 19.4. The highest BCUT2D eigenvalue weighted by atomic mass is 16.5. The van der Waals surface area contributed by atoms with E-state index in [9.17, 15) is 9.90 Å². The van der Waals surface area contributed by atoms with E-state index in [1.54, 1.807) is 25.1 Å². The maximum Gasteiger partial charge on any atom is 0.345 e. The minimum Gasteiger partial charge on any atom is -0.507 e. The lowest BCUT2D eigenvalue weighted by molar-refractivity contribution is 0.0519. The quantitative estimate of drug-likeness (QED) is 0.652. The van der Waals surface area contributed by atoms with E-state index in [2.05, 4.69) is 10.1 Å². The van der Waals surface area contributed by atoms with Crippen LogP contribution in [0.15, 0.2) is 42.6 Å². The van der Waals surface area contributed by atoms with E-state index in [0.29, 0.717) is 17.1 Å². The van der Waals surface area contributed by atoms with Gasteiger partial charge >= 0.3 is 5.97 Å². The van der Waals surface area contributed by atoms with Crippen molar-refractivity contribution >= 4 is 5.97 Å². The number of hydrogen-bond acceptors (Lipinski definition) is 6. The van der Waals surface area contributed by atoms with E-state index in [1.165, 1.54) is 10.9 Å². The Kier molecular flexibility index (Phi) is 5.63. The third-order valence-electron chi connectivity index (χ3n) is 4.03. The number of aromatic hydroxyl groups is 1. The lowest BCUT2D eigenvalue weighted by atomic mass is 10.1. The molecule has 0 aliphatic carbocycles. The van der Waals surface area contributed by atoms with Gasteiger partial charge in [0.1, 0.15) is 11.3 Å². The summed E-state index contributed by atoms with van der Waals surface area (Å²) >= 11 is 0. The van der Waals surface area contributed by atoms with E-state index in [0.717, 1.165) is 5.56 Å². The molecule has 2 aromatic heterocycles. The van der Waals surface area contributed by atoms with Crippen molar-refractivity contribution in [2.24, 2.45) is 0 Å². The summed E-state index contributed by atoms with van der Waals surface area (Å²) < 4.78 is 12.4. The summed E-state index contributed by atoms with van der Waals surface area (Å²) in [6, 6.07) is 10.9. The molecule has 0 aliphatic heterocycles. The highest BCUT2D eigenvalue weighted by Gasteiger charge is 2.23. The van der Waals surface area contributed by atoms with E-state index < -0.39 is 5.97 Å². The zero-order chi connectivity index (χ0) is 20.3. The lowest BCUT2D eigenvalue weighted by Gasteiger charge is -2.14. The standard InChI is InChI=1S/C21H23N3O4/c1-5-27-21(26)16-12-22-24(20(16)28-13(2)3)18-11-7-10-17(23-18)15-9-6-8-14(4)19(15)25/h6-13,25H,5H2,1-4H3. The molecule has 7 nitrogen and oxygen atoms in total. The molecular formula is C21H23N3O4. The number of pyridine rings is 1. The molecule has 0 saturated carbocycles. The van der Waals surface area contributed by atoms with E-state index in [-0.39, 0.29) is 29.9 Å². The monoisotopic (exact) mass is 381 g/mol. The number of phenols is 1. The Bertz CT molecular complexity index is 995. The van der Waals surface area contributed by atoms with Crippen LogP contribution < -0.4 is 4.74 Å². The Labute approximate surface area is 163 Å². The third-order valence-corrected chi connectivity index (χ3v) is 4.03. The summed E-state index contributed by atoms with van der Waals surface area (Å²) in [5.74, 6) is 0.409. The fourth-order valence-electron chi connectivity index (χ4n) is 2.74. The molecule has 7 heteroatoms. The maximum absolute atomic E-state index is 12.3. The lowest BCUT2D eigenvalue weighted by Crippen LogP contribution is -2.14. The molecule has 0 bridgehead atoms. The first-order valence-corrected chi connectivity index (χ1v) is 9.10. The van der Waals surface area contributed by atoms with Gasteiger partial charge in [0.2, 0.25) is 5.88 Å². The van der Waals surface area contributed by atoms with Crippen molar-refractivity contribution in [3.8, 4) is 28.7 Å². The highest BCUT2D eigenvalue weighted by molar-refractivity contribution is 5.92. The summed E-state index contributed by atoms with van der Waals surface area (Å²) in [5, 5.41) is 14.7. The summed E-state index contributed by atoms with van der Waals surface area (Å²) in [4.78, 5) is 16.9. The molecule has 1 N–H and O–H groups in total. The average molecular weight is 381 g/mol. The van der Waals surface area contributed by atoms with Crippen LogP contribution in [0, 0.1) is 6.92 Å². The van der Waals surface area contributed by atoms with Crippen LogP contribution in [0.2, 0.25) is 0 Å². The van der Waals surface area contributed by atoms with Gasteiger partial charge in [0.25, 0.3) is 0 Å². The molecule has 1 aromatic carbocycles. The number of carbonyl (C=O) groups excluding carboxylic acids is 1. The van der Waals surface area contributed by atoms with Crippen molar-refractivity contribution in [2.75, 3.05) is 6.61 Å². The van der Waals surface area contributed by atoms with Gasteiger partial charge in [0, 0.05) is 5.56 Å². The molecule has 146 valence electrons. The number of phenolic OH excluding ortho intramolecular Hbond substituents is 1. The summed E-state index contributed by atoms with van der Waals surface area (Å²) in [7, 11) is 0. The zero-order valence-corrected chi connectivity index (χ0v) is 16.3. The molecule has 3 aromatic rings. The second-order valence-corrected chi connectivity index (χ2v) is 6.51. The number of para-hydroxylation sites is 1. The van der Waals surface area contributed by atoms with Crippen LogP contribution in [0.3, 0.4) is 0 Å². The summed E-state index contributed by atoms with van der Waals surface area (Å²) in [5.41, 5.74) is 2.20. The van der Waals surface area contributed by atoms with Crippen LogP contribution in [-0.2, 0) is 4.74 Å². The molecule has 0 spiro atoms. The fraction of sp³-hybridized carbons (Fsp3) is 0.286. The van der Waals surface area contributed by atoms with Gasteiger partial charge in [-0.15, -0.1) is 0 Å². The average Bonchev–Trinajstić information content (AvgIpc) is 3.07. The number of carbonyl (C=O) groups is 1. The number of aromatic nitrogens is 3. The van der Waals surface area contributed by atoms with Crippen molar-refractivity contribution in [3.05, 3.63) is 53.7 Å². The SMILES string of the molecule is CCOC(=O)c1cnn(-c2cccc(-c3cccc(C)c3O)n2)c1OC(C)C. The van der Waals surface area contributed by atoms with Gasteiger partial charge in [-0.05, 0) is 51.5 Å². The summed E-state index contributed by atoms with van der Waals surface area (Å²) in [6.45, 7) is 7.55. The molecular weight excluding hydrogens is 358 g/mol. The Balaban J connectivity index is 2.09. The Morgan fingerprint density at radius 3 is 2.68 bits per heavy atom. The van der Waals surface area contributed by atoms with Gasteiger partial charge in [0.05, 0.1) is 24.6 Å². The van der Waals surface area contributed by atoms with Gasteiger partial charge in [0.15, 0.2) is 5.82 Å². The third kappa shape index (κ3) is 3.83. The highest BCUT2D eigenvalue weighted by Crippen LogP contribution is 2.31. The Morgan fingerprint density at radius 2 is 1.96 bits per heavy atom. The number of hydrogen-bond donors (Lipinski definition) is 1. The fourth-order valence-corrected chi connectivity index (χ4v) is 2.74. The van der Waals surface area contributed by atoms with Crippen LogP contribution in [0.4, 0.5) is 0 Å². The molecule has 0 aliphatic rings. The first-order valence-electron chi connectivity index (χ1n) is 9.10. The van der Waals surface area contributed by atoms with E-state index in [4.69, 9.17) is 9.47 Å².